The van der Waals surface area contributed by atoms with E-state index >= 15 is 0 Å². The third-order valence-corrected chi connectivity index (χ3v) is 4.67. The molecule has 96 valence electrons. The van der Waals surface area contributed by atoms with E-state index in [2.05, 4.69) is 11.4 Å². The number of hydrogen-bond acceptors (Lipinski definition) is 3. The van der Waals surface area contributed by atoms with Gasteiger partial charge in [0.1, 0.15) is 17.2 Å². The van der Waals surface area contributed by atoms with Crippen LogP contribution in [0.4, 0.5) is 8.78 Å². The quantitative estimate of drug-likeness (QED) is 0.915. The maximum absolute atomic E-state index is 13.5. The molecule has 0 aliphatic heterocycles. The molecule has 1 fully saturated rings. The van der Waals surface area contributed by atoms with Crippen LogP contribution in [0.2, 0.25) is 0 Å². The fraction of sp³-hybridized carbons (Fsp3) is 0.462. The zero-order chi connectivity index (χ0) is 13.2. The summed E-state index contributed by atoms with van der Waals surface area (Å²) in [6, 6.07) is 5.90. The molecule has 2 atom stereocenters. The molecular formula is C13H14F2N2S. The molecule has 0 spiro atoms. The van der Waals surface area contributed by atoms with Crippen LogP contribution in [-0.4, -0.2) is 17.8 Å². The lowest BCUT2D eigenvalue weighted by atomic mass is 10.0. The van der Waals surface area contributed by atoms with E-state index in [9.17, 15) is 8.78 Å². The van der Waals surface area contributed by atoms with Gasteiger partial charge in [0.2, 0.25) is 0 Å². The van der Waals surface area contributed by atoms with Gasteiger partial charge in [-0.1, -0.05) is 0 Å². The van der Waals surface area contributed by atoms with Crippen LogP contribution in [0.3, 0.4) is 0 Å². The maximum Gasteiger partial charge on any atom is 0.139 e. The van der Waals surface area contributed by atoms with Crippen molar-refractivity contribution in [3.05, 3.63) is 29.8 Å². The first-order valence-corrected chi connectivity index (χ1v) is 6.68. The molecule has 0 amide bonds. The third kappa shape index (κ3) is 2.65. The Balaban J connectivity index is 2.06. The molecule has 0 heterocycles. The second-order valence-electron chi connectivity index (χ2n) is 4.50. The van der Waals surface area contributed by atoms with Gasteiger partial charge in [0.05, 0.1) is 6.07 Å². The molecule has 5 heteroatoms. The van der Waals surface area contributed by atoms with Crippen molar-refractivity contribution in [1.29, 1.82) is 5.26 Å². The number of nitrogens with one attached hydrogen (secondary N) is 1. The van der Waals surface area contributed by atoms with Crippen molar-refractivity contribution in [2.45, 2.75) is 34.9 Å². The summed E-state index contributed by atoms with van der Waals surface area (Å²) >= 11 is 1.39. The van der Waals surface area contributed by atoms with Crippen LogP contribution >= 0.6 is 11.8 Å². The summed E-state index contributed by atoms with van der Waals surface area (Å²) in [6.07, 6.45) is 2.30. The number of nitrogens with zero attached hydrogens (tertiary/aromatic N) is 1. The molecule has 1 N–H and O–H groups in total. The van der Waals surface area contributed by atoms with E-state index in [1.807, 2.05) is 0 Å². The van der Waals surface area contributed by atoms with Crippen molar-refractivity contribution >= 4 is 11.8 Å². The van der Waals surface area contributed by atoms with Gasteiger partial charge in [-0.05, 0) is 38.4 Å². The van der Waals surface area contributed by atoms with Crippen molar-refractivity contribution in [1.82, 2.24) is 5.32 Å². The minimum absolute atomic E-state index is 0.192. The molecule has 0 radical (unpaired) electrons. The lowest BCUT2D eigenvalue weighted by Gasteiger charge is -2.19. The standard InChI is InChI=1S/C13H14F2N2S/c1-17-13(8-16)5-4-10(7-13)18-12-3-2-9(14)6-11(12)15/h2-3,6,10,17H,4-5,7H2,1H3. The third-order valence-electron chi connectivity index (χ3n) is 3.35. The number of halogens is 2. The van der Waals surface area contributed by atoms with Crippen LogP contribution in [0.15, 0.2) is 23.1 Å². The fourth-order valence-electron chi connectivity index (χ4n) is 2.24. The molecule has 1 aromatic carbocycles. The predicted molar refractivity (Wildman–Crippen MR) is 67.3 cm³/mol. The number of hydrogen-bond donors (Lipinski definition) is 1. The van der Waals surface area contributed by atoms with Crippen LogP contribution in [-0.2, 0) is 0 Å². The van der Waals surface area contributed by atoms with E-state index in [4.69, 9.17) is 5.26 Å². The lowest BCUT2D eigenvalue weighted by Crippen LogP contribution is -2.38. The Morgan fingerprint density at radius 1 is 1.50 bits per heavy atom. The van der Waals surface area contributed by atoms with E-state index in [0.29, 0.717) is 11.3 Å². The number of nitriles is 1. The molecule has 1 aromatic rings. The lowest BCUT2D eigenvalue weighted by molar-refractivity contribution is 0.464. The van der Waals surface area contributed by atoms with Crippen molar-refractivity contribution in [2.75, 3.05) is 7.05 Å². The molecule has 0 saturated heterocycles. The number of benzene rings is 1. The van der Waals surface area contributed by atoms with E-state index in [-0.39, 0.29) is 5.25 Å². The summed E-state index contributed by atoms with van der Waals surface area (Å²) in [7, 11) is 1.77. The highest BCUT2D eigenvalue weighted by Crippen LogP contribution is 2.40. The second-order valence-corrected chi connectivity index (χ2v) is 5.84. The Kier molecular flexibility index (Phi) is 3.88. The molecule has 0 bridgehead atoms. The summed E-state index contributed by atoms with van der Waals surface area (Å²) in [4.78, 5) is 0.450. The highest BCUT2D eigenvalue weighted by Gasteiger charge is 2.38. The number of rotatable bonds is 3. The van der Waals surface area contributed by atoms with Gasteiger partial charge < -0.3 is 5.32 Å². The normalized spacial score (nSPS) is 27.1. The van der Waals surface area contributed by atoms with Crippen molar-refractivity contribution in [3.63, 3.8) is 0 Å². The minimum atomic E-state index is -0.565. The largest absolute Gasteiger partial charge is 0.302 e. The zero-order valence-electron chi connectivity index (χ0n) is 10.0. The van der Waals surface area contributed by atoms with Gasteiger partial charge in [0.15, 0.2) is 0 Å². The van der Waals surface area contributed by atoms with Gasteiger partial charge >= 0.3 is 0 Å². The highest BCUT2D eigenvalue weighted by molar-refractivity contribution is 8.00. The molecule has 1 aliphatic carbocycles. The molecule has 2 unspecified atom stereocenters. The Morgan fingerprint density at radius 2 is 2.28 bits per heavy atom. The van der Waals surface area contributed by atoms with Crippen LogP contribution in [0.5, 0.6) is 0 Å². The average molecular weight is 268 g/mol. The van der Waals surface area contributed by atoms with Crippen LogP contribution in [0.25, 0.3) is 0 Å². The first kappa shape index (κ1) is 13.3. The highest BCUT2D eigenvalue weighted by atomic mass is 32.2. The van der Waals surface area contributed by atoms with Gasteiger partial charge in [0, 0.05) is 16.2 Å². The number of thioether (sulfide) groups is 1. The van der Waals surface area contributed by atoms with E-state index in [1.165, 1.54) is 23.9 Å². The SMILES string of the molecule is CNC1(C#N)CCC(Sc2ccc(F)cc2F)C1. The average Bonchev–Trinajstić information content (AvgIpc) is 2.77. The van der Waals surface area contributed by atoms with Gasteiger partial charge in [-0.2, -0.15) is 5.26 Å². The Labute approximate surface area is 109 Å². The molecule has 1 saturated carbocycles. The van der Waals surface area contributed by atoms with Crippen molar-refractivity contribution in [2.24, 2.45) is 0 Å². The van der Waals surface area contributed by atoms with Crippen LogP contribution in [0, 0.1) is 23.0 Å². The van der Waals surface area contributed by atoms with Gasteiger partial charge in [0.25, 0.3) is 0 Å². The summed E-state index contributed by atoms with van der Waals surface area (Å²) in [5, 5.41) is 12.4. The molecule has 2 rings (SSSR count). The van der Waals surface area contributed by atoms with E-state index in [1.54, 1.807) is 7.05 Å². The molecule has 0 aromatic heterocycles. The second kappa shape index (κ2) is 5.25. The van der Waals surface area contributed by atoms with Crippen molar-refractivity contribution in [3.8, 4) is 6.07 Å². The maximum atomic E-state index is 13.5. The van der Waals surface area contributed by atoms with Gasteiger partial charge in [-0.3, -0.25) is 0 Å². The molecule has 18 heavy (non-hydrogen) atoms. The monoisotopic (exact) mass is 268 g/mol. The van der Waals surface area contributed by atoms with E-state index < -0.39 is 17.2 Å². The first-order valence-electron chi connectivity index (χ1n) is 5.80. The van der Waals surface area contributed by atoms with Crippen LogP contribution in [0.1, 0.15) is 19.3 Å². The minimum Gasteiger partial charge on any atom is -0.302 e. The molecular weight excluding hydrogens is 254 g/mol. The summed E-state index contributed by atoms with van der Waals surface area (Å²) < 4.78 is 26.3. The van der Waals surface area contributed by atoms with Crippen LogP contribution < -0.4 is 5.32 Å². The van der Waals surface area contributed by atoms with E-state index in [0.717, 1.165) is 18.9 Å². The van der Waals surface area contributed by atoms with Crippen molar-refractivity contribution < 1.29 is 8.78 Å². The first-order chi connectivity index (χ1) is 8.58. The summed E-state index contributed by atoms with van der Waals surface area (Å²) in [5.74, 6) is -1.09. The topological polar surface area (TPSA) is 35.8 Å². The van der Waals surface area contributed by atoms with Gasteiger partial charge in [-0.25, -0.2) is 8.78 Å². The Hall–Kier alpha value is -1.12. The summed E-state index contributed by atoms with van der Waals surface area (Å²) in [6.45, 7) is 0. The Morgan fingerprint density at radius 3 is 2.83 bits per heavy atom. The van der Waals surface area contributed by atoms with Gasteiger partial charge in [-0.15, -0.1) is 11.8 Å². The zero-order valence-corrected chi connectivity index (χ0v) is 10.9. The predicted octanol–water partition coefficient (Wildman–Crippen LogP) is 3.09. The Bertz CT molecular complexity index is 486. The fourth-order valence-corrected chi connectivity index (χ4v) is 3.52. The molecule has 2 nitrogen and oxygen atoms in total. The summed E-state index contributed by atoms with van der Waals surface area (Å²) in [5.41, 5.74) is -0.492. The smallest absolute Gasteiger partial charge is 0.139 e. The molecule has 1 aliphatic rings.